The lowest BCUT2D eigenvalue weighted by molar-refractivity contribution is 0.808. The van der Waals surface area contributed by atoms with E-state index in [0.717, 1.165) is 17.2 Å². The van der Waals surface area contributed by atoms with Crippen LogP contribution in [0, 0.1) is 0 Å². The van der Waals surface area contributed by atoms with Gasteiger partial charge in [0.05, 0.1) is 4.99 Å². The van der Waals surface area contributed by atoms with Crippen molar-refractivity contribution >= 4 is 28.7 Å². The Hall–Kier alpha value is -2.01. The monoisotopic (exact) mass is 300 g/mol. The number of thiocarbonyl (C=S) groups is 1. The van der Waals surface area contributed by atoms with Gasteiger partial charge >= 0.3 is 0 Å². The first-order valence-corrected chi connectivity index (χ1v) is 7.41. The number of nitrogens with zero attached hydrogens (tertiary/aromatic N) is 3. The molecule has 0 aliphatic carbocycles. The summed E-state index contributed by atoms with van der Waals surface area (Å²) < 4.78 is 0. The van der Waals surface area contributed by atoms with Crippen molar-refractivity contribution in [3.63, 3.8) is 0 Å². The maximum Gasteiger partial charge on any atom is 0.136 e. The van der Waals surface area contributed by atoms with E-state index < -0.39 is 0 Å². The van der Waals surface area contributed by atoms with Gasteiger partial charge in [-0.3, -0.25) is 0 Å². The highest BCUT2D eigenvalue weighted by Crippen LogP contribution is 2.25. The Morgan fingerprint density at radius 2 is 1.95 bits per heavy atom. The molecule has 0 saturated carbocycles. The van der Waals surface area contributed by atoms with Crippen molar-refractivity contribution in [2.45, 2.75) is 26.2 Å². The predicted molar refractivity (Wildman–Crippen MR) is 91.0 cm³/mol. The molecule has 21 heavy (non-hydrogen) atoms. The smallest absolute Gasteiger partial charge is 0.136 e. The van der Waals surface area contributed by atoms with Gasteiger partial charge in [-0.25, -0.2) is 9.97 Å². The van der Waals surface area contributed by atoms with Crippen LogP contribution in [0.3, 0.4) is 0 Å². The van der Waals surface area contributed by atoms with Crippen LogP contribution in [0.1, 0.15) is 31.9 Å². The highest BCUT2D eigenvalue weighted by atomic mass is 32.1. The molecule has 0 radical (unpaired) electrons. The van der Waals surface area contributed by atoms with E-state index in [9.17, 15) is 0 Å². The number of hydrogen-bond acceptors (Lipinski definition) is 4. The SMILES string of the molecule is CC(C)c1cc(N(CCC(N)=S)c2ccccc2)ncn1. The molecule has 1 aromatic carbocycles. The van der Waals surface area contributed by atoms with E-state index in [4.69, 9.17) is 18.0 Å². The normalized spacial score (nSPS) is 10.6. The molecule has 2 N–H and O–H groups in total. The van der Waals surface area contributed by atoms with Gasteiger partial charge in [-0.15, -0.1) is 0 Å². The van der Waals surface area contributed by atoms with E-state index in [1.165, 1.54) is 0 Å². The Labute approximate surface area is 131 Å². The van der Waals surface area contributed by atoms with Crippen LogP contribution in [0.25, 0.3) is 0 Å². The Morgan fingerprint density at radius 3 is 2.57 bits per heavy atom. The first kappa shape index (κ1) is 15.4. The molecule has 1 aromatic heterocycles. The van der Waals surface area contributed by atoms with Crippen molar-refractivity contribution in [3.05, 3.63) is 48.4 Å². The van der Waals surface area contributed by atoms with Gasteiger partial charge in [-0.05, 0) is 18.1 Å². The first-order chi connectivity index (χ1) is 10.1. The van der Waals surface area contributed by atoms with Gasteiger partial charge in [0.2, 0.25) is 0 Å². The molecule has 0 unspecified atom stereocenters. The number of rotatable bonds is 6. The molecule has 0 spiro atoms. The molecule has 5 heteroatoms. The molecule has 0 aliphatic rings. The van der Waals surface area contributed by atoms with E-state index in [-0.39, 0.29) is 0 Å². The van der Waals surface area contributed by atoms with Gasteiger partial charge in [0.1, 0.15) is 12.1 Å². The maximum atomic E-state index is 5.65. The van der Waals surface area contributed by atoms with Crippen LogP contribution in [0.2, 0.25) is 0 Å². The Kier molecular flexibility index (Phi) is 5.22. The standard InChI is InChI=1S/C16H20N4S/c1-12(2)14-10-16(19-11-18-14)20(9-8-15(17)21)13-6-4-3-5-7-13/h3-7,10-12H,8-9H2,1-2H3,(H2,17,21). The highest BCUT2D eigenvalue weighted by Gasteiger charge is 2.12. The summed E-state index contributed by atoms with van der Waals surface area (Å²) in [5.41, 5.74) is 7.74. The molecule has 0 saturated heterocycles. The summed E-state index contributed by atoms with van der Waals surface area (Å²) in [5, 5.41) is 0. The fourth-order valence-electron chi connectivity index (χ4n) is 2.03. The molecule has 0 atom stereocenters. The zero-order valence-corrected chi connectivity index (χ0v) is 13.2. The van der Waals surface area contributed by atoms with E-state index >= 15 is 0 Å². The number of benzene rings is 1. The second-order valence-electron chi connectivity index (χ2n) is 5.16. The Bertz CT molecular complexity index is 598. The number of anilines is 2. The minimum atomic E-state index is 0.361. The Balaban J connectivity index is 2.35. The van der Waals surface area contributed by atoms with Crippen LogP contribution in [-0.2, 0) is 0 Å². The number of aromatic nitrogens is 2. The molecule has 0 amide bonds. The van der Waals surface area contributed by atoms with Gasteiger partial charge in [-0.1, -0.05) is 44.3 Å². The number of hydrogen-bond donors (Lipinski definition) is 1. The maximum absolute atomic E-state index is 5.65. The van der Waals surface area contributed by atoms with Gasteiger partial charge in [0, 0.05) is 30.4 Å². The van der Waals surface area contributed by atoms with Crippen LogP contribution in [0.15, 0.2) is 42.7 Å². The molecule has 2 aromatic rings. The summed E-state index contributed by atoms with van der Waals surface area (Å²) in [6.07, 6.45) is 2.26. The lowest BCUT2D eigenvalue weighted by Crippen LogP contribution is -2.24. The summed E-state index contributed by atoms with van der Waals surface area (Å²) in [4.78, 5) is 11.4. The molecule has 4 nitrogen and oxygen atoms in total. The summed E-state index contributed by atoms with van der Waals surface area (Å²) in [6, 6.07) is 12.1. The lowest BCUT2D eigenvalue weighted by atomic mass is 10.1. The van der Waals surface area contributed by atoms with Crippen molar-refractivity contribution in [1.82, 2.24) is 9.97 Å². The molecule has 0 bridgehead atoms. The van der Waals surface area contributed by atoms with Gasteiger partial charge < -0.3 is 10.6 Å². The average Bonchev–Trinajstić information content (AvgIpc) is 2.48. The minimum Gasteiger partial charge on any atom is -0.393 e. The summed E-state index contributed by atoms with van der Waals surface area (Å²) >= 11 is 5.00. The second-order valence-corrected chi connectivity index (χ2v) is 5.68. The minimum absolute atomic E-state index is 0.361. The number of nitrogens with two attached hydrogens (primary N) is 1. The predicted octanol–water partition coefficient (Wildman–Crippen LogP) is 3.41. The molecule has 2 rings (SSSR count). The van der Waals surface area contributed by atoms with Crippen LogP contribution >= 0.6 is 12.2 Å². The zero-order chi connectivity index (χ0) is 15.2. The molecule has 0 fully saturated rings. The van der Waals surface area contributed by atoms with Crippen LogP contribution in [0.5, 0.6) is 0 Å². The van der Waals surface area contributed by atoms with Gasteiger partial charge in [0.15, 0.2) is 0 Å². The third kappa shape index (κ3) is 4.23. The highest BCUT2D eigenvalue weighted by molar-refractivity contribution is 7.80. The first-order valence-electron chi connectivity index (χ1n) is 7.00. The fourth-order valence-corrected chi connectivity index (χ4v) is 2.12. The summed E-state index contributed by atoms with van der Waals surface area (Å²) in [7, 11) is 0. The van der Waals surface area contributed by atoms with Crippen molar-refractivity contribution in [2.75, 3.05) is 11.4 Å². The quantitative estimate of drug-likeness (QED) is 0.828. The fraction of sp³-hybridized carbons (Fsp3) is 0.312. The van der Waals surface area contributed by atoms with Crippen molar-refractivity contribution in [3.8, 4) is 0 Å². The molecule has 110 valence electrons. The number of para-hydroxylation sites is 1. The van der Waals surface area contributed by atoms with E-state index in [2.05, 4.69) is 40.8 Å². The zero-order valence-electron chi connectivity index (χ0n) is 12.4. The molecular formula is C16H20N4S. The molecule has 0 aliphatic heterocycles. The second kappa shape index (κ2) is 7.13. The topological polar surface area (TPSA) is 55.0 Å². The van der Waals surface area contributed by atoms with Crippen LogP contribution < -0.4 is 10.6 Å². The van der Waals surface area contributed by atoms with Crippen molar-refractivity contribution in [2.24, 2.45) is 5.73 Å². The van der Waals surface area contributed by atoms with E-state index in [0.29, 0.717) is 23.9 Å². The van der Waals surface area contributed by atoms with Gasteiger partial charge in [-0.2, -0.15) is 0 Å². The average molecular weight is 300 g/mol. The lowest BCUT2D eigenvalue weighted by Gasteiger charge is -2.24. The third-order valence-electron chi connectivity index (χ3n) is 3.19. The summed E-state index contributed by atoms with van der Waals surface area (Å²) in [6.45, 7) is 4.94. The van der Waals surface area contributed by atoms with Gasteiger partial charge in [0.25, 0.3) is 0 Å². The molecular weight excluding hydrogens is 280 g/mol. The van der Waals surface area contributed by atoms with Crippen molar-refractivity contribution < 1.29 is 0 Å². The van der Waals surface area contributed by atoms with Crippen LogP contribution in [0.4, 0.5) is 11.5 Å². The third-order valence-corrected chi connectivity index (χ3v) is 3.40. The Morgan fingerprint density at radius 1 is 1.24 bits per heavy atom. The van der Waals surface area contributed by atoms with E-state index in [1.54, 1.807) is 6.33 Å². The molecule has 1 heterocycles. The van der Waals surface area contributed by atoms with E-state index in [1.807, 2.05) is 24.3 Å². The van der Waals surface area contributed by atoms with Crippen LogP contribution in [-0.4, -0.2) is 21.5 Å². The summed E-state index contributed by atoms with van der Waals surface area (Å²) in [5.74, 6) is 1.23. The largest absolute Gasteiger partial charge is 0.393 e. The van der Waals surface area contributed by atoms with Crippen molar-refractivity contribution in [1.29, 1.82) is 0 Å².